The maximum Gasteiger partial charge on any atom is 0.235 e. The highest BCUT2D eigenvalue weighted by Gasteiger charge is 2.31. The maximum atomic E-state index is 11.9. The van der Waals surface area contributed by atoms with Crippen LogP contribution in [0.4, 0.5) is 0 Å². The summed E-state index contributed by atoms with van der Waals surface area (Å²) in [4.78, 5) is 15.8. The lowest BCUT2D eigenvalue weighted by Crippen LogP contribution is -2.49. The average Bonchev–Trinajstić information content (AvgIpc) is 2.32. The van der Waals surface area contributed by atoms with Gasteiger partial charge in [0.1, 0.15) is 0 Å². The second-order valence-electron chi connectivity index (χ2n) is 5.57. The summed E-state index contributed by atoms with van der Waals surface area (Å²) in [5.41, 5.74) is 0.275. The van der Waals surface area contributed by atoms with E-state index < -0.39 is 15.6 Å². The summed E-state index contributed by atoms with van der Waals surface area (Å²) >= 11 is 0. The Hall–Kier alpha value is -1.47. The van der Waals surface area contributed by atoms with Gasteiger partial charge in [-0.05, 0) is 38.5 Å². The fraction of sp³-hybridized carbons (Fsp3) is 0.538. The van der Waals surface area contributed by atoms with Gasteiger partial charge in [-0.25, -0.2) is 8.42 Å². The van der Waals surface area contributed by atoms with Crippen molar-refractivity contribution in [1.82, 2.24) is 14.6 Å². The molecule has 20 heavy (non-hydrogen) atoms. The van der Waals surface area contributed by atoms with Crippen molar-refractivity contribution in [3.63, 3.8) is 0 Å². The van der Waals surface area contributed by atoms with Crippen LogP contribution in [-0.4, -0.2) is 42.0 Å². The first-order valence-electron chi connectivity index (χ1n) is 6.24. The summed E-state index contributed by atoms with van der Waals surface area (Å²) in [7, 11) is -3.44. The molecule has 1 aromatic rings. The van der Waals surface area contributed by atoms with E-state index in [-0.39, 0.29) is 12.5 Å². The fourth-order valence-electron chi connectivity index (χ4n) is 1.74. The molecule has 1 aromatic heterocycles. The molecule has 0 radical (unpaired) electrons. The van der Waals surface area contributed by atoms with Crippen molar-refractivity contribution >= 4 is 15.9 Å². The van der Waals surface area contributed by atoms with Gasteiger partial charge in [0.05, 0.1) is 12.8 Å². The van der Waals surface area contributed by atoms with Gasteiger partial charge in [-0.15, -0.1) is 0 Å². The fourth-order valence-corrected chi connectivity index (χ4v) is 3.09. The zero-order valence-corrected chi connectivity index (χ0v) is 13.1. The molecule has 1 N–H and O–H groups in total. The van der Waals surface area contributed by atoms with Gasteiger partial charge in [0.2, 0.25) is 15.9 Å². The quantitative estimate of drug-likeness (QED) is 0.870. The van der Waals surface area contributed by atoms with Crippen LogP contribution < -0.4 is 5.32 Å². The number of rotatable bonds is 5. The number of nitrogens with one attached hydrogen (secondary N) is 1. The van der Waals surface area contributed by atoms with Gasteiger partial charge in [-0.3, -0.25) is 9.78 Å². The highest BCUT2D eigenvalue weighted by molar-refractivity contribution is 7.88. The molecule has 0 aliphatic heterocycles. The number of carbonyl (C=O) groups is 1. The summed E-state index contributed by atoms with van der Waals surface area (Å²) in [5, 5.41) is 2.70. The van der Waals surface area contributed by atoms with Crippen LogP contribution in [-0.2, 0) is 21.4 Å². The summed E-state index contributed by atoms with van der Waals surface area (Å²) < 4.78 is 24.6. The minimum absolute atomic E-state index is 0.187. The van der Waals surface area contributed by atoms with Crippen LogP contribution >= 0.6 is 0 Å². The number of hydrogen-bond donors (Lipinski definition) is 1. The highest BCUT2D eigenvalue weighted by Crippen LogP contribution is 2.16. The molecule has 0 saturated carbocycles. The van der Waals surface area contributed by atoms with Crippen LogP contribution in [0.15, 0.2) is 24.5 Å². The minimum atomic E-state index is -3.44. The van der Waals surface area contributed by atoms with Gasteiger partial charge in [0, 0.05) is 24.5 Å². The van der Waals surface area contributed by atoms with E-state index in [2.05, 4.69) is 10.3 Å². The smallest absolute Gasteiger partial charge is 0.235 e. The van der Waals surface area contributed by atoms with E-state index in [0.29, 0.717) is 6.54 Å². The largest absolute Gasteiger partial charge is 0.351 e. The molecule has 1 heterocycles. The third-order valence-electron chi connectivity index (χ3n) is 2.67. The Morgan fingerprint density at radius 3 is 2.30 bits per heavy atom. The number of amides is 1. The molecule has 0 atom stereocenters. The van der Waals surface area contributed by atoms with Crippen LogP contribution in [0.5, 0.6) is 0 Å². The molecule has 1 rings (SSSR count). The van der Waals surface area contributed by atoms with Crippen molar-refractivity contribution in [3.05, 3.63) is 30.1 Å². The van der Waals surface area contributed by atoms with E-state index in [1.807, 2.05) is 0 Å². The molecule has 7 heteroatoms. The Kier molecular flexibility index (Phi) is 5.24. The van der Waals surface area contributed by atoms with Crippen LogP contribution in [0, 0.1) is 0 Å². The van der Waals surface area contributed by atoms with Crippen molar-refractivity contribution in [2.24, 2.45) is 0 Å². The molecule has 1 amide bonds. The zero-order chi connectivity index (χ0) is 15.4. The Bertz CT molecular complexity index is 550. The van der Waals surface area contributed by atoms with Crippen molar-refractivity contribution in [2.75, 3.05) is 12.8 Å². The third kappa shape index (κ3) is 5.26. The number of pyridine rings is 1. The number of aromatic nitrogens is 1. The third-order valence-corrected chi connectivity index (χ3v) is 4.15. The Balaban J connectivity index is 2.64. The maximum absolute atomic E-state index is 11.9. The molecule has 0 aliphatic carbocycles. The molecular weight excluding hydrogens is 278 g/mol. The van der Waals surface area contributed by atoms with Gasteiger partial charge >= 0.3 is 0 Å². The number of hydrogen-bond acceptors (Lipinski definition) is 4. The van der Waals surface area contributed by atoms with Crippen molar-refractivity contribution in [3.8, 4) is 0 Å². The lowest BCUT2D eigenvalue weighted by molar-refractivity contribution is -0.122. The first-order chi connectivity index (χ1) is 9.10. The van der Waals surface area contributed by atoms with Gasteiger partial charge in [-0.2, -0.15) is 4.31 Å². The van der Waals surface area contributed by atoms with Crippen molar-refractivity contribution < 1.29 is 13.2 Å². The van der Waals surface area contributed by atoms with Gasteiger partial charge < -0.3 is 5.32 Å². The molecule has 0 spiro atoms. The van der Waals surface area contributed by atoms with Crippen molar-refractivity contribution in [1.29, 1.82) is 0 Å². The van der Waals surface area contributed by atoms with E-state index >= 15 is 0 Å². The van der Waals surface area contributed by atoms with E-state index in [4.69, 9.17) is 0 Å². The van der Waals surface area contributed by atoms with E-state index in [1.54, 1.807) is 45.3 Å². The van der Waals surface area contributed by atoms with Crippen LogP contribution in [0.3, 0.4) is 0 Å². The highest BCUT2D eigenvalue weighted by atomic mass is 32.2. The average molecular weight is 299 g/mol. The van der Waals surface area contributed by atoms with Gasteiger partial charge in [0.25, 0.3) is 0 Å². The van der Waals surface area contributed by atoms with E-state index in [0.717, 1.165) is 11.8 Å². The van der Waals surface area contributed by atoms with Gasteiger partial charge in [-0.1, -0.05) is 0 Å². The molecule has 0 fully saturated rings. The van der Waals surface area contributed by atoms with Gasteiger partial charge in [0.15, 0.2) is 0 Å². The molecule has 0 aliphatic rings. The summed E-state index contributed by atoms with van der Waals surface area (Å²) in [6, 6.07) is 3.58. The van der Waals surface area contributed by atoms with E-state index in [1.165, 1.54) is 4.31 Å². The molecule has 6 nitrogen and oxygen atoms in total. The minimum Gasteiger partial charge on any atom is -0.351 e. The van der Waals surface area contributed by atoms with Crippen LogP contribution in [0.2, 0.25) is 0 Å². The summed E-state index contributed by atoms with van der Waals surface area (Å²) in [6.45, 7) is 5.43. The summed E-state index contributed by atoms with van der Waals surface area (Å²) in [6.07, 6.45) is 4.38. The topological polar surface area (TPSA) is 79.4 Å². The molecule has 0 bridgehead atoms. The number of sulfonamides is 1. The Labute approximate surface area is 120 Å². The molecule has 0 saturated heterocycles. The number of carbonyl (C=O) groups excluding carboxylic acids is 1. The standard InChI is InChI=1S/C13H21N3O3S/c1-13(2,3)16(20(4,18)19)10-12(17)15-9-11-5-7-14-8-6-11/h5-8H,9-10H2,1-4H3,(H,15,17). The van der Waals surface area contributed by atoms with Crippen LogP contribution in [0.25, 0.3) is 0 Å². The first kappa shape index (κ1) is 16.6. The van der Waals surface area contributed by atoms with E-state index in [9.17, 15) is 13.2 Å². The number of nitrogens with zero attached hydrogens (tertiary/aromatic N) is 2. The second-order valence-corrected chi connectivity index (χ2v) is 7.48. The van der Waals surface area contributed by atoms with Crippen molar-refractivity contribution in [2.45, 2.75) is 32.9 Å². The second kappa shape index (κ2) is 6.32. The first-order valence-corrected chi connectivity index (χ1v) is 8.09. The Morgan fingerprint density at radius 1 is 1.30 bits per heavy atom. The molecule has 0 aromatic carbocycles. The molecule has 112 valence electrons. The molecular formula is C13H21N3O3S. The summed E-state index contributed by atoms with van der Waals surface area (Å²) in [5.74, 6) is -0.331. The lowest BCUT2D eigenvalue weighted by Gasteiger charge is -2.32. The SMILES string of the molecule is CC(C)(C)N(CC(=O)NCc1ccncc1)S(C)(=O)=O. The lowest BCUT2D eigenvalue weighted by atomic mass is 10.1. The zero-order valence-electron chi connectivity index (χ0n) is 12.3. The van der Waals surface area contributed by atoms with Crippen LogP contribution in [0.1, 0.15) is 26.3 Å². The predicted molar refractivity (Wildman–Crippen MR) is 77.4 cm³/mol. The molecule has 0 unspecified atom stereocenters. The normalized spacial score (nSPS) is 12.4. The Morgan fingerprint density at radius 2 is 1.85 bits per heavy atom. The monoisotopic (exact) mass is 299 g/mol. The predicted octanol–water partition coefficient (Wildman–Crippen LogP) is 0.758.